The first-order chi connectivity index (χ1) is 16.3. The van der Waals surface area contributed by atoms with Gasteiger partial charge in [0.25, 0.3) is 0 Å². The highest BCUT2D eigenvalue weighted by Crippen LogP contribution is 2.56. The minimum absolute atomic E-state index is 0.153. The number of Topliss-reactive ketones (excluding diaryl/α,β-unsaturated/α-hetero) is 1. The van der Waals surface area contributed by atoms with Gasteiger partial charge in [-0.1, -0.05) is 23.8 Å². The molecule has 0 aromatic heterocycles. The summed E-state index contributed by atoms with van der Waals surface area (Å²) in [5.74, 6) is -2.32. The third-order valence-corrected chi connectivity index (χ3v) is 8.08. The Kier molecular flexibility index (Phi) is 5.10. The zero-order valence-corrected chi connectivity index (χ0v) is 21.1. The number of imide groups is 1. The van der Waals surface area contributed by atoms with Gasteiger partial charge in [0.2, 0.25) is 11.8 Å². The number of carbonyl (C=O) groups is 4. The fourth-order valence-corrected chi connectivity index (χ4v) is 6.56. The summed E-state index contributed by atoms with van der Waals surface area (Å²) in [4.78, 5) is 55.0. The zero-order chi connectivity index (χ0) is 25.6. The number of likely N-dealkylation sites (tertiary alicyclic amines) is 1. The van der Waals surface area contributed by atoms with Crippen molar-refractivity contribution in [3.63, 3.8) is 0 Å². The van der Waals surface area contributed by atoms with Crippen LogP contribution in [0.3, 0.4) is 0 Å². The van der Waals surface area contributed by atoms with E-state index in [0.717, 1.165) is 11.1 Å². The van der Waals surface area contributed by atoms with Gasteiger partial charge in [0.1, 0.15) is 5.75 Å². The van der Waals surface area contributed by atoms with E-state index in [2.05, 4.69) is 0 Å². The highest BCUT2D eigenvalue weighted by Gasteiger charge is 2.58. The van der Waals surface area contributed by atoms with Crippen LogP contribution in [0.4, 0.5) is 0 Å². The fraction of sp³-hybridized carbons (Fsp3) is 0.448. The molecular weight excluding hydrogens is 442 g/mol. The third-order valence-electron chi connectivity index (χ3n) is 8.08. The van der Waals surface area contributed by atoms with Crippen molar-refractivity contribution in [3.05, 3.63) is 63.3 Å². The van der Waals surface area contributed by atoms with Gasteiger partial charge in [0, 0.05) is 28.2 Å². The summed E-state index contributed by atoms with van der Waals surface area (Å²) in [5.41, 5.74) is 3.83. The normalized spacial score (nSPS) is 28.6. The van der Waals surface area contributed by atoms with Gasteiger partial charge in [-0.3, -0.25) is 24.1 Å². The molecular formula is C29H31NO5. The maximum atomic E-state index is 13.7. The Bertz CT molecular complexity index is 1300. The summed E-state index contributed by atoms with van der Waals surface area (Å²) in [6.45, 7) is 10.9. The molecule has 1 N–H and O–H groups in total. The van der Waals surface area contributed by atoms with Crippen molar-refractivity contribution in [2.45, 2.75) is 65.8 Å². The summed E-state index contributed by atoms with van der Waals surface area (Å²) in [6.07, 6.45) is 4.13. The van der Waals surface area contributed by atoms with Crippen LogP contribution in [0.5, 0.6) is 5.75 Å². The van der Waals surface area contributed by atoms with Crippen molar-refractivity contribution in [3.8, 4) is 5.75 Å². The Labute approximate surface area is 205 Å². The lowest BCUT2D eigenvalue weighted by Gasteiger charge is -2.42. The predicted molar refractivity (Wildman–Crippen MR) is 131 cm³/mol. The van der Waals surface area contributed by atoms with E-state index in [-0.39, 0.29) is 41.5 Å². The molecule has 1 fully saturated rings. The van der Waals surface area contributed by atoms with E-state index in [4.69, 9.17) is 0 Å². The smallest absolute Gasteiger partial charge is 0.234 e. The Morgan fingerprint density at radius 2 is 1.57 bits per heavy atom. The van der Waals surface area contributed by atoms with E-state index in [1.165, 1.54) is 11.0 Å². The number of aryl methyl sites for hydroxylation is 2. The molecule has 3 aliphatic carbocycles. The number of phenols is 1. The van der Waals surface area contributed by atoms with E-state index in [1.807, 2.05) is 52.8 Å². The van der Waals surface area contributed by atoms with Gasteiger partial charge in [-0.05, 0) is 83.1 Å². The molecule has 0 bridgehead atoms. The van der Waals surface area contributed by atoms with Gasteiger partial charge in [-0.2, -0.15) is 0 Å². The molecule has 0 saturated carbocycles. The van der Waals surface area contributed by atoms with Gasteiger partial charge in [0.15, 0.2) is 11.6 Å². The summed E-state index contributed by atoms with van der Waals surface area (Å²) < 4.78 is 0. The summed E-state index contributed by atoms with van der Waals surface area (Å²) in [6, 6.07) is 3.73. The summed E-state index contributed by atoms with van der Waals surface area (Å²) >= 11 is 0. The molecule has 5 rings (SSSR count). The molecule has 0 spiro atoms. The number of rotatable bonds is 1. The second-order valence-electron chi connectivity index (χ2n) is 11.4. The molecule has 0 unspecified atom stereocenters. The number of amides is 2. The molecule has 1 saturated heterocycles. The highest BCUT2D eigenvalue weighted by atomic mass is 16.3. The number of hydrogen-bond acceptors (Lipinski definition) is 5. The standard InChI is InChI=1S/C29H31NO5/c1-13-9-16(10-14(2)25(13)32)22-17-7-8-18-23(28(35)30(27(18)34)29(4,5)6)19(17)12-20-21(31)11-15(3)26(33)24(20)22/h7,9-11,18-19,22-23,32H,8,12H2,1-6H3/t18-,19+,22-,23-/m0/s1. The lowest BCUT2D eigenvalue weighted by atomic mass is 9.59. The van der Waals surface area contributed by atoms with Crippen molar-refractivity contribution >= 4 is 23.4 Å². The number of ketones is 2. The van der Waals surface area contributed by atoms with Crippen LogP contribution in [-0.2, 0) is 19.2 Å². The lowest BCUT2D eigenvalue weighted by molar-refractivity contribution is -0.145. The van der Waals surface area contributed by atoms with Crippen molar-refractivity contribution in [2.75, 3.05) is 0 Å². The maximum Gasteiger partial charge on any atom is 0.234 e. The van der Waals surface area contributed by atoms with Gasteiger partial charge in [-0.25, -0.2) is 0 Å². The average Bonchev–Trinajstić information content (AvgIpc) is 3.04. The number of carbonyl (C=O) groups excluding carboxylic acids is 4. The van der Waals surface area contributed by atoms with Crippen LogP contribution in [0.15, 0.2) is 46.6 Å². The van der Waals surface area contributed by atoms with Gasteiger partial charge < -0.3 is 5.11 Å². The van der Waals surface area contributed by atoms with Crippen LogP contribution in [-0.4, -0.2) is 38.9 Å². The molecule has 0 radical (unpaired) electrons. The zero-order valence-electron chi connectivity index (χ0n) is 21.1. The van der Waals surface area contributed by atoms with E-state index in [0.29, 0.717) is 34.3 Å². The van der Waals surface area contributed by atoms with Crippen LogP contribution >= 0.6 is 0 Å². The van der Waals surface area contributed by atoms with E-state index in [9.17, 15) is 24.3 Å². The molecule has 1 aliphatic heterocycles. The predicted octanol–water partition coefficient (Wildman–Crippen LogP) is 4.24. The van der Waals surface area contributed by atoms with E-state index < -0.39 is 23.3 Å². The molecule has 6 nitrogen and oxygen atoms in total. The molecule has 35 heavy (non-hydrogen) atoms. The van der Waals surface area contributed by atoms with Crippen LogP contribution in [0.2, 0.25) is 0 Å². The second-order valence-corrected chi connectivity index (χ2v) is 11.4. The molecule has 182 valence electrons. The number of aromatic hydroxyl groups is 1. The Morgan fingerprint density at radius 1 is 0.943 bits per heavy atom. The molecule has 4 aliphatic rings. The van der Waals surface area contributed by atoms with Crippen molar-refractivity contribution < 1.29 is 24.3 Å². The minimum atomic E-state index is -0.633. The minimum Gasteiger partial charge on any atom is -0.507 e. The van der Waals surface area contributed by atoms with Crippen LogP contribution in [0.1, 0.15) is 63.1 Å². The van der Waals surface area contributed by atoms with Gasteiger partial charge in [0.05, 0.1) is 11.8 Å². The maximum absolute atomic E-state index is 13.7. The Hall–Kier alpha value is -3.28. The van der Waals surface area contributed by atoms with Crippen LogP contribution < -0.4 is 0 Å². The number of nitrogens with zero attached hydrogens (tertiary/aromatic N) is 1. The lowest BCUT2D eigenvalue weighted by Crippen LogP contribution is -2.46. The van der Waals surface area contributed by atoms with Crippen LogP contribution in [0.25, 0.3) is 0 Å². The third kappa shape index (κ3) is 3.29. The topological polar surface area (TPSA) is 91.8 Å². The summed E-state index contributed by atoms with van der Waals surface area (Å²) in [5, 5.41) is 10.4. The second kappa shape index (κ2) is 7.61. The molecule has 6 heteroatoms. The largest absolute Gasteiger partial charge is 0.507 e. The number of fused-ring (bicyclic) bond motifs is 3. The van der Waals surface area contributed by atoms with Crippen molar-refractivity contribution in [1.29, 1.82) is 0 Å². The summed E-state index contributed by atoms with van der Waals surface area (Å²) in [7, 11) is 0. The SMILES string of the molecule is CC1=CC(=O)C2=C(C1=O)[C@@H](c1cc(C)c(O)c(C)c1)C1=CC[C@@H]3C(=O)N(C(C)(C)C)C(=O)[C@@H]3[C@@H]1C2. The first-order valence-corrected chi connectivity index (χ1v) is 12.2. The number of allylic oxidation sites excluding steroid dienone is 6. The molecule has 2 amide bonds. The van der Waals surface area contributed by atoms with E-state index >= 15 is 0 Å². The van der Waals surface area contributed by atoms with Crippen LogP contribution in [0, 0.1) is 31.6 Å². The van der Waals surface area contributed by atoms with Gasteiger partial charge in [-0.15, -0.1) is 0 Å². The first-order valence-electron chi connectivity index (χ1n) is 12.2. The molecule has 1 heterocycles. The van der Waals surface area contributed by atoms with Gasteiger partial charge >= 0.3 is 0 Å². The molecule has 1 aromatic carbocycles. The van der Waals surface area contributed by atoms with Crippen molar-refractivity contribution in [2.24, 2.45) is 17.8 Å². The Balaban J connectivity index is 1.71. The number of hydrogen-bond donors (Lipinski definition) is 1. The highest BCUT2D eigenvalue weighted by molar-refractivity contribution is 6.23. The molecule has 4 atom stereocenters. The first kappa shape index (κ1) is 23.5. The van der Waals surface area contributed by atoms with E-state index in [1.54, 1.807) is 6.92 Å². The average molecular weight is 474 g/mol. The van der Waals surface area contributed by atoms with Crippen molar-refractivity contribution in [1.82, 2.24) is 4.90 Å². The Morgan fingerprint density at radius 3 is 2.17 bits per heavy atom. The number of phenolic OH excluding ortho intramolecular Hbond substituents is 1. The fourth-order valence-electron chi connectivity index (χ4n) is 6.56. The molecule has 1 aromatic rings. The number of benzene rings is 1. The monoisotopic (exact) mass is 473 g/mol. The quantitative estimate of drug-likeness (QED) is 0.374.